The Labute approximate surface area is 154 Å². The highest BCUT2D eigenvalue weighted by Gasteiger charge is 2.26. The normalized spacial score (nSPS) is 17.5. The minimum atomic E-state index is -3.66. The van der Waals surface area contributed by atoms with Crippen LogP contribution in [0.15, 0.2) is 47.5 Å². The predicted octanol–water partition coefficient (Wildman–Crippen LogP) is 2.49. The van der Waals surface area contributed by atoms with Crippen LogP contribution in [0.5, 0.6) is 0 Å². The van der Waals surface area contributed by atoms with Crippen molar-refractivity contribution in [2.45, 2.75) is 44.2 Å². The second-order valence-corrected chi connectivity index (χ2v) is 8.37. The second-order valence-electron chi connectivity index (χ2n) is 6.61. The molecule has 138 valence electrons. The van der Waals surface area contributed by atoms with Crippen molar-refractivity contribution in [2.75, 3.05) is 6.54 Å². The molecule has 3 rings (SSSR count). The number of amides is 1. The topological polar surface area (TPSA) is 79.4 Å². The Bertz CT molecular complexity index is 895. The maximum atomic E-state index is 12.5. The number of likely N-dealkylation sites (tertiary alicyclic amines) is 1. The molecule has 7 heteroatoms. The van der Waals surface area contributed by atoms with Crippen LogP contribution in [0.4, 0.5) is 0 Å². The smallest absolute Gasteiger partial charge is 0.254 e. The summed E-state index contributed by atoms with van der Waals surface area (Å²) in [6, 6.07) is 10.0. The number of carbonyl (C=O) groups is 1. The Morgan fingerprint density at radius 2 is 2.00 bits per heavy atom. The first kappa shape index (κ1) is 18.5. The van der Waals surface area contributed by atoms with Crippen LogP contribution in [0, 0.1) is 6.92 Å². The van der Waals surface area contributed by atoms with Gasteiger partial charge in [-0.1, -0.05) is 6.07 Å². The van der Waals surface area contributed by atoms with Gasteiger partial charge in [-0.2, -0.15) is 0 Å². The van der Waals surface area contributed by atoms with E-state index in [2.05, 4.69) is 9.71 Å². The van der Waals surface area contributed by atoms with Gasteiger partial charge in [-0.3, -0.25) is 9.78 Å². The van der Waals surface area contributed by atoms with Crippen molar-refractivity contribution in [1.29, 1.82) is 0 Å². The van der Waals surface area contributed by atoms with Crippen LogP contribution in [-0.4, -0.2) is 36.8 Å². The number of hydrogen-bond acceptors (Lipinski definition) is 4. The van der Waals surface area contributed by atoms with Gasteiger partial charge in [0.15, 0.2) is 0 Å². The molecule has 0 spiro atoms. The summed E-state index contributed by atoms with van der Waals surface area (Å²) in [5.74, 6) is -0.0454. The molecule has 1 amide bonds. The minimum absolute atomic E-state index is 0.0454. The molecule has 0 saturated carbocycles. The summed E-state index contributed by atoms with van der Waals surface area (Å²) >= 11 is 0. The highest BCUT2D eigenvalue weighted by molar-refractivity contribution is 7.89. The average Bonchev–Trinajstić information content (AvgIpc) is 3.06. The van der Waals surface area contributed by atoms with Crippen LogP contribution in [0.2, 0.25) is 0 Å². The first-order chi connectivity index (χ1) is 12.4. The molecule has 0 bridgehead atoms. The van der Waals surface area contributed by atoms with E-state index in [-0.39, 0.29) is 23.4 Å². The quantitative estimate of drug-likeness (QED) is 0.873. The van der Waals surface area contributed by atoms with Crippen LogP contribution in [0.25, 0.3) is 0 Å². The van der Waals surface area contributed by atoms with Gasteiger partial charge in [0, 0.05) is 24.3 Å². The number of rotatable bonds is 5. The van der Waals surface area contributed by atoms with Crippen LogP contribution in [-0.2, 0) is 16.6 Å². The van der Waals surface area contributed by atoms with Crippen molar-refractivity contribution in [3.8, 4) is 0 Å². The zero-order valence-corrected chi connectivity index (χ0v) is 15.8. The van der Waals surface area contributed by atoms with E-state index in [1.807, 2.05) is 30.9 Å². The number of benzene rings is 1. The number of sulfonamides is 1. The van der Waals surface area contributed by atoms with Crippen molar-refractivity contribution in [2.24, 2.45) is 0 Å². The molecule has 1 aromatic carbocycles. The fourth-order valence-corrected chi connectivity index (χ4v) is 4.12. The highest BCUT2D eigenvalue weighted by atomic mass is 32.2. The lowest BCUT2D eigenvalue weighted by atomic mass is 10.2. The molecule has 1 aliphatic rings. The van der Waals surface area contributed by atoms with Gasteiger partial charge in [0.25, 0.3) is 5.91 Å². The number of nitrogens with zero attached hydrogens (tertiary/aromatic N) is 2. The van der Waals surface area contributed by atoms with Gasteiger partial charge in [0.2, 0.25) is 10.0 Å². The molecule has 1 aromatic heterocycles. The molecule has 26 heavy (non-hydrogen) atoms. The van der Waals surface area contributed by atoms with Crippen molar-refractivity contribution in [3.05, 3.63) is 59.4 Å². The van der Waals surface area contributed by atoms with Gasteiger partial charge in [-0.15, -0.1) is 0 Å². The first-order valence-corrected chi connectivity index (χ1v) is 10.2. The Morgan fingerprint density at radius 1 is 1.27 bits per heavy atom. The highest BCUT2D eigenvalue weighted by Crippen LogP contribution is 2.20. The molecular formula is C19H23N3O3S. The lowest BCUT2D eigenvalue weighted by Gasteiger charge is -2.21. The third-order valence-corrected chi connectivity index (χ3v) is 6.19. The van der Waals surface area contributed by atoms with E-state index in [1.54, 1.807) is 18.3 Å². The Morgan fingerprint density at radius 3 is 2.62 bits per heavy atom. The van der Waals surface area contributed by atoms with Crippen LogP contribution < -0.4 is 4.72 Å². The molecule has 1 atom stereocenters. The first-order valence-electron chi connectivity index (χ1n) is 8.69. The summed E-state index contributed by atoms with van der Waals surface area (Å²) < 4.78 is 27.5. The maximum absolute atomic E-state index is 12.5. The zero-order valence-electron chi connectivity index (χ0n) is 15.0. The van der Waals surface area contributed by atoms with E-state index in [9.17, 15) is 13.2 Å². The number of aromatic nitrogens is 1. The molecule has 1 aliphatic heterocycles. The summed E-state index contributed by atoms with van der Waals surface area (Å²) in [4.78, 5) is 18.7. The van der Waals surface area contributed by atoms with Gasteiger partial charge in [0.1, 0.15) is 0 Å². The SMILES string of the molecule is Cc1cccnc1CNS(=O)(=O)c1ccc(C(=O)N2CCCC2C)cc1. The molecule has 1 unspecified atom stereocenters. The molecule has 1 N–H and O–H groups in total. The number of nitrogens with one attached hydrogen (secondary N) is 1. The standard InChI is InChI=1S/C19H23N3O3S/c1-14-5-3-11-20-18(14)13-21-26(24,25)17-9-7-16(8-10-17)19(23)22-12-4-6-15(22)2/h3,5,7-11,15,21H,4,6,12-13H2,1-2H3. The van der Waals surface area contributed by atoms with E-state index in [1.165, 1.54) is 12.1 Å². The van der Waals surface area contributed by atoms with Crippen molar-refractivity contribution >= 4 is 15.9 Å². The number of hydrogen-bond donors (Lipinski definition) is 1. The summed E-state index contributed by atoms with van der Waals surface area (Å²) in [5.41, 5.74) is 2.13. The summed E-state index contributed by atoms with van der Waals surface area (Å²) in [6.07, 6.45) is 3.65. The number of aryl methyl sites for hydroxylation is 1. The predicted molar refractivity (Wildman–Crippen MR) is 99.2 cm³/mol. The fourth-order valence-electron chi connectivity index (χ4n) is 3.13. The molecular weight excluding hydrogens is 350 g/mol. The maximum Gasteiger partial charge on any atom is 0.254 e. The van der Waals surface area contributed by atoms with E-state index < -0.39 is 10.0 Å². The summed E-state index contributed by atoms with van der Waals surface area (Å²) in [6.45, 7) is 4.80. The van der Waals surface area contributed by atoms with Gasteiger partial charge in [0.05, 0.1) is 17.1 Å². The molecule has 2 aromatic rings. The third-order valence-electron chi connectivity index (χ3n) is 4.77. The molecule has 1 fully saturated rings. The summed E-state index contributed by atoms with van der Waals surface area (Å²) in [5, 5.41) is 0. The van der Waals surface area contributed by atoms with E-state index in [4.69, 9.17) is 0 Å². The monoisotopic (exact) mass is 373 g/mol. The van der Waals surface area contributed by atoms with Crippen LogP contribution in [0.1, 0.15) is 41.4 Å². The van der Waals surface area contributed by atoms with Gasteiger partial charge in [-0.05, 0) is 62.6 Å². The van der Waals surface area contributed by atoms with E-state index in [0.29, 0.717) is 11.3 Å². The van der Waals surface area contributed by atoms with Crippen LogP contribution in [0.3, 0.4) is 0 Å². The number of pyridine rings is 1. The minimum Gasteiger partial charge on any atom is -0.336 e. The Balaban J connectivity index is 1.71. The molecule has 6 nitrogen and oxygen atoms in total. The molecule has 2 heterocycles. The van der Waals surface area contributed by atoms with Crippen molar-refractivity contribution in [1.82, 2.24) is 14.6 Å². The van der Waals surface area contributed by atoms with Crippen molar-refractivity contribution < 1.29 is 13.2 Å². The lowest BCUT2D eigenvalue weighted by molar-refractivity contribution is 0.0747. The fraction of sp³-hybridized carbons (Fsp3) is 0.368. The van der Waals surface area contributed by atoms with Gasteiger partial charge < -0.3 is 4.90 Å². The van der Waals surface area contributed by atoms with Crippen LogP contribution >= 0.6 is 0 Å². The second kappa shape index (κ2) is 7.55. The van der Waals surface area contributed by atoms with Gasteiger partial charge in [-0.25, -0.2) is 13.1 Å². The molecule has 0 radical (unpaired) electrons. The van der Waals surface area contributed by atoms with Crippen molar-refractivity contribution in [3.63, 3.8) is 0 Å². The zero-order chi connectivity index (χ0) is 18.7. The lowest BCUT2D eigenvalue weighted by Crippen LogP contribution is -2.33. The molecule has 1 saturated heterocycles. The summed E-state index contributed by atoms with van der Waals surface area (Å²) in [7, 11) is -3.66. The average molecular weight is 373 g/mol. The molecule has 0 aliphatic carbocycles. The number of carbonyl (C=O) groups excluding carboxylic acids is 1. The Kier molecular flexibility index (Phi) is 5.38. The largest absolute Gasteiger partial charge is 0.336 e. The van der Waals surface area contributed by atoms with Gasteiger partial charge >= 0.3 is 0 Å². The van der Waals surface area contributed by atoms with E-state index in [0.717, 1.165) is 24.9 Å². The third kappa shape index (κ3) is 3.94. The Hall–Kier alpha value is -2.25. The van der Waals surface area contributed by atoms with E-state index >= 15 is 0 Å².